The van der Waals surface area contributed by atoms with E-state index < -0.39 is 0 Å². The summed E-state index contributed by atoms with van der Waals surface area (Å²) in [5.41, 5.74) is 1.02. The second-order valence-electron chi connectivity index (χ2n) is 2.98. The Labute approximate surface area is 90.3 Å². The molecule has 1 rings (SSSR count). The topological polar surface area (TPSA) is 15.3 Å². The van der Waals surface area contributed by atoms with Crippen LogP contribution in [0.5, 0.6) is 0 Å². The van der Waals surface area contributed by atoms with Crippen LogP contribution in [-0.2, 0) is 0 Å². The molecule has 0 aliphatic heterocycles. The molecule has 74 valence electrons. The zero-order chi connectivity index (χ0) is 9.14. The molecular weight excluding hydrogens is 200 g/mol. The summed E-state index contributed by atoms with van der Waals surface area (Å²) in [6, 6.07) is 1.91. The molecule has 13 heavy (non-hydrogen) atoms. The second kappa shape index (κ2) is 5.42. The highest BCUT2D eigenvalue weighted by Gasteiger charge is 2.00. The van der Waals surface area contributed by atoms with Gasteiger partial charge in [-0.2, -0.15) is 0 Å². The van der Waals surface area contributed by atoms with Crippen molar-refractivity contribution in [2.75, 3.05) is 32.5 Å². The molecule has 2 nitrogen and oxygen atoms in total. The van der Waals surface area contributed by atoms with Gasteiger partial charge in [-0.3, -0.25) is 0 Å². The highest BCUT2D eigenvalue weighted by Crippen LogP contribution is 2.16. The van der Waals surface area contributed by atoms with Crippen LogP contribution in [0.3, 0.4) is 0 Å². The molecule has 0 spiro atoms. The lowest BCUT2D eigenvalue weighted by atomic mass is 10.3. The second-order valence-corrected chi connectivity index (χ2v) is 3.83. The van der Waals surface area contributed by atoms with Crippen LogP contribution in [0.25, 0.3) is 0 Å². The van der Waals surface area contributed by atoms with Gasteiger partial charge in [0.15, 0.2) is 0 Å². The Morgan fingerprint density at radius 3 is 2.38 bits per heavy atom. The number of hydrogen-bond donors (Lipinski definition) is 1. The standard InChI is InChI=1S/C8H12N2S2.CH4/c1-10(2)4-3-9-6-5-7(11)8(6)12;/h5,9H,3-4H2,1-2H3;1H4. The van der Waals surface area contributed by atoms with Crippen LogP contribution in [0, 0.1) is 9.02 Å². The summed E-state index contributed by atoms with van der Waals surface area (Å²) < 4.78 is 1.61. The van der Waals surface area contributed by atoms with Crippen LogP contribution in [0.2, 0.25) is 0 Å². The van der Waals surface area contributed by atoms with Gasteiger partial charge in [0.25, 0.3) is 0 Å². The first-order valence-electron chi connectivity index (χ1n) is 3.80. The molecule has 1 aromatic rings. The van der Waals surface area contributed by atoms with Gasteiger partial charge in [0, 0.05) is 13.1 Å². The monoisotopic (exact) mass is 216 g/mol. The van der Waals surface area contributed by atoms with E-state index in [1.54, 1.807) is 0 Å². The summed E-state index contributed by atoms with van der Waals surface area (Å²) in [6.07, 6.45) is 0. The zero-order valence-electron chi connectivity index (χ0n) is 7.26. The fraction of sp³-hybridized carbons (Fsp3) is 0.556. The molecule has 0 saturated carbocycles. The molecule has 0 fully saturated rings. The van der Waals surface area contributed by atoms with Gasteiger partial charge in [0.2, 0.25) is 0 Å². The molecule has 0 atom stereocenters. The first-order valence-corrected chi connectivity index (χ1v) is 4.62. The van der Waals surface area contributed by atoms with Crippen LogP contribution in [0.15, 0.2) is 6.07 Å². The van der Waals surface area contributed by atoms with E-state index >= 15 is 0 Å². The van der Waals surface area contributed by atoms with Crippen molar-refractivity contribution in [2.24, 2.45) is 0 Å². The predicted molar refractivity (Wildman–Crippen MR) is 64.3 cm³/mol. The molecule has 0 radical (unpaired) electrons. The Balaban J connectivity index is 0.00000144. The van der Waals surface area contributed by atoms with Crippen molar-refractivity contribution >= 4 is 30.1 Å². The molecule has 0 saturated heterocycles. The van der Waals surface area contributed by atoms with Crippen molar-refractivity contribution in [3.63, 3.8) is 0 Å². The number of rotatable bonds is 4. The quantitative estimate of drug-likeness (QED) is 0.778. The van der Waals surface area contributed by atoms with E-state index in [0.29, 0.717) is 0 Å². The predicted octanol–water partition coefficient (Wildman–Crippen LogP) is 2.63. The molecule has 1 N–H and O–H groups in total. The first-order chi connectivity index (χ1) is 5.61. The molecule has 1 aromatic carbocycles. The maximum atomic E-state index is 5.02. The third-order valence-corrected chi connectivity index (χ3v) is 2.51. The molecule has 0 aliphatic carbocycles. The lowest BCUT2D eigenvalue weighted by molar-refractivity contribution is 0.425. The number of nitrogens with zero attached hydrogens (tertiary/aromatic N) is 1. The number of hydrogen-bond acceptors (Lipinski definition) is 4. The van der Waals surface area contributed by atoms with Crippen molar-refractivity contribution in [1.29, 1.82) is 0 Å². The summed E-state index contributed by atoms with van der Waals surface area (Å²) >= 11 is 9.94. The minimum Gasteiger partial charge on any atom is -0.383 e. The van der Waals surface area contributed by atoms with Gasteiger partial charge in [-0.15, -0.1) is 0 Å². The van der Waals surface area contributed by atoms with Gasteiger partial charge in [0.1, 0.15) is 0 Å². The average Bonchev–Trinajstić information content (AvgIpc) is 2.02. The van der Waals surface area contributed by atoms with Crippen LogP contribution in [0.4, 0.5) is 5.69 Å². The molecule has 0 unspecified atom stereocenters. The van der Waals surface area contributed by atoms with Gasteiger partial charge in [-0.25, -0.2) is 0 Å². The van der Waals surface area contributed by atoms with E-state index in [2.05, 4.69) is 10.2 Å². The third-order valence-electron chi connectivity index (χ3n) is 1.62. The average molecular weight is 216 g/mol. The van der Waals surface area contributed by atoms with Gasteiger partial charge >= 0.3 is 0 Å². The smallest absolute Gasteiger partial charge is 0.0790 e. The summed E-state index contributed by atoms with van der Waals surface area (Å²) in [6.45, 7) is 1.92. The summed E-state index contributed by atoms with van der Waals surface area (Å²) in [7, 11) is 4.08. The molecule has 4 heteroatoms. The fourth-order valence-corrected chi connectivity index (χ4v) is 1.28. The summed E-state index contributed by atoms with van der Waals surface area (Å²) in [5, 5.41) is 3.22. The minimum atomic E-state index is 0. The normalized spacial score (nSPS) is 10.1. The molecule has 0 bridgehead atoms. The van der Waals surface area contributed by atoms with Gasteiger partial charge in [-0.1, -0.05) is 31.9 Å². The number of likely N-dealkylation sites (N-methyl/N-ethyl adjacent to an activating group) is 1. The third kappa shape index (κ3) is 3.50. The van der Waals surface area contributed by atoms with Crippen LogP contribution in [0.1, 0.15) is 7.43 Å². The molecule has 0 amide bonds. The van der Waals surface area contributed by atoms with Gasteiger partial charge in [0.05, 0.1) is 14.7 Å². The summed E-state index contributed by atoms with van der Waals surface area (Å²) in [5.74, 6) is 0. The van der Waals surface area contributed by atoms with E-state index in [9.17, 15) is 0 Å². The Bertz CT molecular complexity index is 324. The lowest BCUT2D eigenvalue weighted by Crippen LogP contribution is -2.21. The van der Waals surface area contributed by atoms with Crippen LogP contribution < -0.4 is 5.32 Å². The highest BCUT2D eigenvalue weighted by molar-refractivity contribution is 7.74. The van der Waals surface area contributed by atoms with Crippen LogP contribution in [-0.4, -0.2) is 32.1 Å². The van der Waals surface area contributed by atoms with Crippen LogP contribution >= 0.6 is 24.4 Å². The zero-order valence-corrected chi connectivity index (χ0v) is 8.89. The maximum Gasteiger partial charge on any atom is 0.0790 e. The Hall–Kier alpha value is -0.320. The molecule has 0 heterocycles. The molecule has 0 aliphatic rings. The highest BCUT2D eigenvalue weighted by atomic mass is 32.1. The van der Waals surface area contributed by atoms with E-state index in [-0.39, 0.29) is 7.43 Å². The molecule has 0 aromatic heterocycles. The fourth-order valence-electron chi connectivity index (χ4n) is 0.863. The Kier molecular flexibility index (Phi) is 5.29. The van der Waals surface area contributed by atoms with Crippen molar-refractivity contribution in [3.05, 3.63) is 15.1 Å². The number of anilines is 1. The first kappa shape index (κ1) is 12.7. The van der Waals surface area contributed by atoms with E-state index in [1.807, 2.05) is 20.2 Å². The van der Waals surface area contributed by atoms with Crippen molar-refractivity contribution in [2.45, 2.75) is 7.43 Å². The number of nitrogens with one attached hydrogen (secondary N) is 1. The van der Waals surface area contributed by atoms with Crippen molar-refractivity contribution < 1.29 is 0 Å². The largest absolute Gasteiger partial charge is 0.383 e. The van der Waals surface area contributed by atoms with E-state index in [4.69, 9.17) is 24.4 Å². The van der Waals surface area contributed by atoms with Crippen molar-refractivity contribution in [1.82, 2.24) is 4.90 Å². The lowest BCUT2D eigenvalue weighted by Gasteiger charge is -2.12. The Morgan fingerprint density at radius 2 is 2.00 bits per heavy atom. The SMILES string of the molecule is C.CN(C)CCNc1cc(=S)c1=S. The molecular formula is C9H16N2S2. The van der Waals surface area contributed by atoms with Crippen molar-refractivity contribution in [3.8, 4) is 0 Å². The minimum absolute atomic E-state index is 0. The van der Waals surface area contributed by atoms with Gasteiger partial charge < -0.3 is 10.2 Å². The van der Waals surface area contributed by atoms with E-state index in [1.165, 1.54) is 0 Å². The van der Waals surface area contributed by atoms with E-state index in [0.717, 1.165) is 27.8 Å². The summed E-state index contributed by atoms with van der Waals surface area (Å²) in [4.78, 5) is 2.12. The van der Waals surface area contributed by atoms with Gasteiger partial charge in [-0.05, 0) is 20.2 Å². The maximum absolute atomic E-state index is 5.02. The Morgan fingerprint density at radius 1 is 1.38 bits per heavy atom.